The van der Waals surface area contributed by atoms with Gasteiger partial charge < -0.3 is 5.73 Å². The summed E-state index contributed by atoms with van der Waals surface area (Å²) in [5.41, 5.74) is 9.23. The largest absolute Gasteiger partial charge is 0.330 e. The van der Waals surface area contributed by atoms with Gasteiger partial charge in [0, 0.05) is 12.4 Å². The first-order valence-electron chi connectivity index (χ1n) is 7.49. The average molecular weight is 282 g/mol. The predicted octanol–water partition coefficient (Wildman–Crippen LogP) is 4.59. The van der Waals surface area contributed by atoms with Crippen molar-refractivity contribution in [1.82, 2.24) is 0 Å². The number of nitrogens with two attached hydrogens (primary N) is 1. The van der Waals surface area contributed by atoms with Crippen LogP contribution >= 0.6 is 0 Å². The fourth-order valence-corrected chi connectivity index (χ4v) is 2.06. The monoisotopic (exact) mass is 282 g/mol. The lowest BCUT2D eigenvalue weighted by atomic mass is 9.98. The maximum Gasteiger partial charge on any atom is 0.0343 e. The summed E-state index contributed by atoms with van der Waals surface area (Å²) in [5.74, 6) is 0.494. The minimum atomic E-state index is 0.494. The molecular weight excluding hydrogens is 256 g/mol. The first kappa shape index (κ1) is 17.1. The highest BCUT2D eigenvalue weighted by Crippen LogP contribution is 2.17. The Hall–Kier alpha value is -1.93. The molecule has 0 radical (unpaired) electrons. The van der Waals surface area contributed by atoms with E-state index in [9.17, 15) is 0 Å². The number of nitrogens with zero attached hydrogens (tertiary/aromatic N) is 1. The molecule has 0 saturated heterocycles. The molecule has 2 nitrogen and oxygen atoms in total. The van der Waals surface area contributed by atoms with Crippen LogP contribution in [0, 0.1) is 0 Å². The van der Waals surface area contributed by atoms with Crippen molar-refractivity contribution < 1.29 is 0 Å². The Morgan fingerprint density at radius 1 is 1.33 bits per heavy atom. The lowest BCUT2D eigenvalue weighted by molar-refractivity contribution is 0.834. The van der Waals surface area contributed by atoms with Crippen LogP contribution in [0.15, 0.2) is 65.8 Å². The molecular formula is C19H26N2. The third kappa shape index (κ3) is 6.37. The molecule has 1 aromatic carbocycles. The van der Waals surface area contributed by atoms with Gasteiger partial charge in [-0.3, -0.25) is 4.99 Å². The molecule has 0 spiro atoms. The minimum absolute atomic E-state index is 0.494. The van der Waals surface area contributed by atoms with E-state index in [1.807, 2.05) is 30.6 Å². The van der Waals surface area contributed by atoms with Gasteiger partial charge in [0.25, 0.3) is 0 Å². The SMILES string of the molecule is C=C/C=C\C(=C/N=Cc1ccccc1C(C)C)CCCN. The molecule has 0 aliphatic rings. The van der Waals surface area contributed by atoms with Crippen molar-refractivity contribution in [2.45, 2.75) is 32.6 Å². The number of hydrogen-bond donors (Lipinski definition) is 1. The Morgan fingerprint density at radius 2 is 2.10 bits per heavy atom. The molecule has 21 heavy (non-hydrogen) atoms. The van der Waals surface area contributed by atoms with E-state index in [-0.39, 0.29) is 0 Å². The van der Waals surface area contributed by atoms with E-state index in [4.69, 9.17) is 5.73 Å². The van der Waals surface area contributed by atoms with Crippen LogP contribution in [0.1, 0.15) is 43.7 Å². The van der Waals surface area contributed by atoms with E-state index in [1.165, 1.54) is 16.7 Å². The molecule has 0 fully saturated rings. The highest BCUT2D eigenvalue weighted by atomic mass is 14.7. The van der Waals surface area contributed by atoms with E-state index in [0.29, 0.717) is 12.5 Å². The second-order valence-electron chi connectivity index (χ2n) is 5.25. The Balaban J connectivity index is 2.88. The van der Waals surface area contributed by atoms with Crippen LogP contribution < -0.4 is 5.73 Å². The van der Waals surface area contributed by atoms with Gasteiger partial charge in [-0.2, -0.15) is 0 Å². The Kier molecular flexibility index (Phi) is 8.07. The van der Waals surface area contributed by atoms with Crippen LogP contribution in [-0.4, -0.2) is 12.8 Å². The summed E-state index contributed by atoms with van der Waals surface area (Å²) in [6.45, 7) is 8.78. The van der Waals surface area contributed by atoms with Crippen LogP contribution in [0.25, 0.3) is 0 Å². The highest BCUT2D eigenvalue weighted by molar-refractivity contribution is 5.82. The van der Waals surface area contributed by atoms with Crippen molar-refractivity contribution in [3.63, 3.8) is 0 Å². The number of hydrogen-bond acceptors (Lipinski definition) is 2. The normalized spacial score (nSPS) is 12.7. The Morgan fingerprint density at radius 3 is 2.76 bits per heavy atom. The molecule has 0 aliphatic heterocycles. The van der Waals surface area contributed by atoms with E-state index < -0.39 is 0 Å². The second-order valence-corrected chi connectivity index (χ2v) is 5.25. The summed E-state index contributed by atoms with van der Waals surface area (Å²) in [7, 11) is 0. The molecule has 1 aromatic rings. The summed E-state index contributed by atoms with van der Waals surface area (Å²) in [6.07, 6.45) is 11.5. The number of aliphatic imine (C=N–C) groups is 1. The van der Waals surface area contributed by atoms with Crippen molar-refractivity contribution in [2.24, 2.45) is 10.7 Å². The smallest absolute Gasteiger partial charge is 0.0343 e. The van der Waals surface area contributed by atoms with Gasteiger partial charge in [-0.1, -0.05) is 62.9 Å². The lowest BCUT2D eigenvalue weighted by Crippen LogP contribution is -1.98. The zero-order chi connectivity index (χ0) is 15.5. The summed E-state index contributed by atoms with van der Waals surface area (Å²) in [6, 6.07) is 8.38. The molecule has 112 valence electrons. The van der Waals surface area contributed by atoms with Crippen molar-refractivity contribution in [1.29, 1.82) is 0 Å². The average Bonchev–Trinajstić information content (AvgIpc) is 2.49. The molecule has 0 amide bonds. The molecule has 2 N–H and O–H groups in total. The quantitative estimate of drug-likeness (QED) is 0.549. The summed E-state index contributed by atoms with van der Waals surface area (Å²) in [5, 5.41) is 0. The van der Waals surface area contributed by atoms with Gasteiger partial charge in [0.2, 0.25) is 0 Å². The van der Waals surface area contributed by atoms with Gasteiger partial charge in [0.05, 0.1) is 0 Å². The highest BCUT2D eigenvalue weighted by Gasteiger charge is 2.02. The van der Waals surface area contributed by atoms with Crippen molar-refractivity contribution in [3.8, 4) is 0 Å². The molecule has 2 heteroatoms. The first-order chi connectivity index (χ1) is 10.2. The Bertz CT molecular complexity index is 522. The fourth-order valence-electron chi connectivity index (χ4n) is 2.06. The molecule has 0 saturated carbocycles. The third-order valence-electron chi connectivity index (χ3n) is 3.19. The van der Waals surface area contributed by atoms with Gasteiger partial charge in [-0.15, -0.1) is 0 Å². The topological polar surface area (TPSA) is 38.4 Å². The van der Waals surface area contributed by atoms with Crippen LogP contribution in [-0.2, 0) is 0 Å². The van der Waals surface area contributed by atoms with Crippen molar-refractivity contribution in [3.05, 3.63) is 72.0 Å². The molecule has 0 aromatic heterocycles. The van der Waals surface area contributed by atoms with Crippen molar-refractivity contribution in [2.75, 3.05) is 6.54 Å². The van der Waals surface area contributed by atoms with Gasteiger partial charge >= 0.3 is 0 Å². The van der Waals surface area contributed by atoms with E-state index in [2.05, 4.69) is 43.6 Å². The number of benzene rings is 1. The molecule has 0 unspecified atom stereocenters. The van der Waals surface area contributed by atoms with Crippen LogP contribution in [0.3, 0.4) is 0 Å². The van der Waals surface area contributed by atoms with Crippen LogP contribution in [0.5, 0.6) is 0 Å². The van der Waals surface area contributed by atoms with Crippen LogP contribution in [0.4, 0.5) is 0 Å². The molecule has 0 heterocycles. The number of allylic oxidation sites excluding steroid dienone is 4. The molecule has 0 aliphatic carbocycles. The Labute approximate surface area is 128 Å². The fraction of sp³-hybridized carbons (Fsp3) is 0.316. The minimum Gasteiger partial charge on any atom is -0.330 e. The van der Waals surface area contributed by atoms with Gasteiger partial charge in [0.15, 0.2) is 0 Å². The summed E-state index contributed by atoms with van der Waals surface area (Å²) in [4.78, 5) is 4.48. The lowest BCUT2D eigenvalue weighted by Gasteiger charge is -2.08. The summed E-state index contributed by atoms with van der Waals surface area (Å²) >= 11 is 0. The summed E-state index contributed by atoms with van der Waals surface area (Å²) < 4.78 is 0. The van der Waals surface area contributed by atoms with E-state index >= 15 is 0 Å². The maximum absolute atomic E-state index is 5.57. The van der Waals surface area contributed by atoms with Crippen LogP contribution in [0.2, 0.25) is 0 Å². The maximum atomic E-state index is 5.57. The molecule has 0 bridgehead atoms. The van der Waals surface area contributed by atoms with E-state index in [1.54, 1.807) is 6.08 Å². The molecule has 1 rings (SSSR count). The van der Waals surface area contributed by atoms with Gasteiger partial charge in [-0.05, 0) is 42.0 Å². The third-order valence-corrected chi connectivity index (χ3v) is 3.19. The molecule has 0 atom stereocenters. The van der Waals surface area contributed by atoms with Gasteiger partial charge in [-0.25, -0.2) is 0 Å². The predicted molar refractivity (Wildman–Crippen MR) is 93.8 cm³/mol. The first-order valence-corrected chi connectivity index (χ1v) is 7.49. The standard InChI is InChI=1S/C19H26N2/c1-4-5-9-17(10-8-13-20)14-21-15-18-11-6-7-12-19(18)16(2)3/h4-7,9,11-12,14-16H,1,8,10,13,20H2,2-3H3/b9-5-,17-14+,21-15?. The number of rotatable bonds is 8. The van der Waals surface area contributed by atoms with Crippen molar-refractivity contribution >= 4 is 6.21 Å². The van der Waals surface area contributed by atoms with Gasteiger partial charge in [0.1, 0.15) is 0 Å². The zero-order valence-electron chi connectivity index (χ0n) is 13.1. The zero-order valence-corrected chi connectivity index (χ0v) is 13.1. The second kappa shape index (κ2) is 9.89. The van der Waals surface area contributed by atoms with E-state index in [0.717, 1.165) is 12.8 Å².